The van der Waals surface area contributed by atoms with Crippen molar-refractivity contribution in [2.75, 3.05) is 79.2 Å². The number of thiophene rings is 2. The van der Waals surface area contributed by atoms with E-state index in [0.717, 1.165) is 88.0 Å². The quantitative estimate of drug-likeness (QED) is 0.0140. The van der Waals surface area contributed by atoms with E-state index in [0.29, 0.717) is 60.0 Å². The number of likely N-dealkylation sites (tertiary alicyclic amines) is 1. The first-order valence-corrected chi connectivity index (χ1v) is 28.8. The van der Waals surface area contributed by atoms with Gasteiger partial charge >= 0.3 is 19.8 Å². The summed E-state index contributed by atoms with van der Waals surface area (Å²) >= 11 is 2.62. The fourth-order valence-corrected chi connectivity index (χ4v) is 11.4. The van der Waals surface area contributed by atoms with Gasteiger partial charge in [-0.15, -0.1) is 22.7 Å². The van der Waals surface area contributed by atoms with E-state index in [-0.39, 0.29) is 36.0 Å². The van der Waals surface area contributed by atoms with E-state index in [4.69, 9.17) is 23.5 Å². The van der Waals surface area contributed by atoms with Crippen molar-refractivity contribution in [3.8, 4) is 11.5 Å². The topological polar surface area (TPSA) is 170 Å². The van der Waals surface area contributed by atoms with E-state index >= 15 is 0 Å². The number of aliphatic hydroxyl groups is 1. The van der Waals surface area contributed by atoms with Crippen molar-refractivity contribution >= 4 is 42.4 Å². The fourth-order valence-electron chi connectivity index (χ4n) is 9.22. The summed E-state index contributed by atoms with van der Waals surface area (Å²) in [5, 5.41) is 18.4. The number of aryl methyl sites for hydroxylation is 1. The first-order chi connectivity index (χ1) is 34.8. The molecule has 1 fully saturated rings. The van der Waals surface area contributed by atoms with Crippen molar-refractivity contribution in [3.05, 3.63) is 140 Å². The minimum Gasteiger partial charge on any atom is -0.488 e. The highest BCUT2D eigenvalue weighted by Crippen LogP contribution is 2.43. The molecule has 0 spiro atoms. The molecule has 0 radical (unpaired) electrons. The van der Waals surface area contributed by atoms with Crippen molar-refractivity contribution in [2.24, 2.45) is 0 Å². The number of ether oxygens (including phenoxy) is 4. The van der Waals surface area contributed by atoms with Crippen LogP contribution in [0.1, 0.15) is 97.8 Å². The Bertz CT molecular complexity index is 2360. The Morgan fingerprint density at radius 3 is 2.08 bits per heavy atom. The van der Waals surface area contributed by atoms with Crippen molar-refractivity contribution < 1.29 is 61.5 Å². The Kier molecular flexibility index (Phi) is 22.3. The molecule has 0 aliphatic carbocycles. The molecule has 5 aromatic rings. The molecule has 0 amide bonds. The second kappa shape index (κ2) is 28.3. The van der Waals surface area contributed by atoms with Crippen LogP contribution >= 0.6 is 30.5 Å². The number of piperidine rings is 1. The predicted molar refractivity (Wildman–Crippen MR) is 283 cm³/mol. The minimum absolute atomic E-state index is 0.0535. The first-order valence-electron chi connectivity index (χ1n) is 25.5. The van der Waals surface area contributed by atoms with E-state index in [1.54, 1.807) is 24.3 Å². The lowest BCUT2D eigenvalue weighted by Crippen LogP contribution is -2.54. The summed E-state index contributed by atoms with van der Waals surface area (Å²) < 4.78 is 43.0. The van der Waals surface area contributed by atoms with Crippen LogP contribution < -0.4 is 14.6 Å². The molecule has 14 nitrogen and oxygen atoms in total. The number of nitrogens with zero attached hydrogens (tertiary/aromatic N) is 2. The molecular formula is C55H76N3O11PS2+2. The average Bonchev–Trinajstić information content (AvgIpc) is 4.13. The molecule has 17 heteroatoms. The van der Waals surface area contributed by atoms with Crippen LogP contribution in [0.3, 0.4) is 0 Å². The molecule has 0 bridgehead atoms. The van der Waals surface area contributed by atoms with Gasteiger partial charge in [0.05, 0.1) is 49.1 Å². The van der Waals surface area contributed by atoms with Gasteiger partial charge in [0.2, 0.25) is 0 Å². The third-order valence-electron chi connectivity index (χ3n) is 13.8. The first kappa shape index (κ1) is 56.8. The number of aliphatic hydroxyl groups excluding tert-OH is 1. The summed E-state index contributed by atoms with van der Waals surface area (Å²) in [4.78, 5) is 50.3. The summed E-state index contributed by atoms with van der Waals surface area (Å²) in [6, 6.07) is 32.2. The number of carbonyl (C=O) groups is 2. The molecule has 1 unspecified atom stereocenters. The highest BCUT2D eigenvalue weighted by Gasteiger charge is 2.52. The Morgan fingerprint density at radius 1 is 0.819 bits per heavy atom. The summed E-state index contributed by atoms with van der Waals surface area (Å²) in [6.45, 7) is 10.1. The van der Waals surface area contributed by atoms with Crippen LogP contribution in [0.2, 0.25) is 0 Å². The van der Waals surface area contributed by atoms with Gasteiger partial charge in [0.15, 0.2) is 6.54 Å². The number of hydrogen-bond donors (Lipinski definition) is 4. The molecule has 1 saturated heterocycles. The van der Waals surface area contributed by atoms with Gasteiger partial charge in [-0.2, -0.15) is 0 Å². The van der Waals surface area contributed by atoms with E-state index in [1.807, 2.05) is 73.1 Å². The summed E-state index contributed by atoms with van der Waals surface area (Å²) in [5.41, 5.74) is 0.434. The number of hydrogen-bond acceptors (Lipinski definition) is 12. The third kappa shape index (κ3) is 17.3. The smallest absolute Gasteiger partial charge is 0.488 e. The SMILES string of the molecule is CC[N+](CC)(CC(=O)OC(C(=O)OC1CC[N+](C)(CCOc2ccccc2)CC1)(c1cccs1)c1cccs1)Cc1cc(C(O)CNCCCCCCOCCCCc2ccccc2)ccc1OP(=O)(O)O. The van der Waals surface area contributed by atoms with Crippen LogP contribution in [-0.2, 0) is 46.9 Å². The molecule has 392 valence electrons. The maximum Gasteiger partial charge on any atom is 0.524 e. The average molecular weight is 1050 g/mol. The van der Waals surface area contributed by atoms with Crippen molar-refractivity contribution in [1.29, 1.82) is 0 Å². The number of quaternary nitrogens is 2. The van der Waals surface area contributed by atoms with Gasteiger partial charge in [-0.1, -0.05) is 79.6 Å². The number of unbranched alkanes of at least 4 members (excludes halogenated alkanes) is 4. The monoisotopic (exact) mass is 1050 g/mol. The third-order valence-corrected chi connectivity index (χ3v) is 16.1. The number of rotatable bonds is 32. The lowest BCUT2D eigenvalue weighted by molar-refractivity contribution is -0.931. The van der Waals surface area contributed by atoms with Gasteiger partial charge < -0.3 is 42.9 Å². The molecular weight excluding hydrogens is 974 g/mol. The minimum atomic E-state index is -4.99. The Hall–Kier alpha value is -4.45. The number of phosphoric acid groups is 1. The maximum absolute atomic E-state index is 14.8. The number of esters is 2. The van der Waals surface area contributed by atoms with Gasteiger partial charge in [-0.05, 0) is 111 Å². The number of para-hydroxylation sites is 1. The second-order valence-electron chi connectivity index (χ2n) is 19.1. The zero-order valence-electron chi connectivity index (χ0n) is 42.2. The summed E-state index contributed by atoms with van der Waals surface area (Å²) in [7, 11) is -2.80. The van der Waals surface area contributed by atoms with E-state index in [2.05, 4.69) is 36.6 Å². The Labute approximate surface area is 434 Å². The normalized spacial score (nSPS) is 16.8. The van der Waals surface area contributed by atoms with Crippen LogP contribution in [0.4, 0.5) is 0 Å². The molecule has 1 aliphatic heterocycles. The van der Waals surface area contributed by atoms with Gasteiger partial charge in [-0.3, -0.25) is 9.79 Å². The Balaban J connectivity index is 1.05. The molecule has 2 aromatic heterocycles. The zero-order chi connectivity index (χ0) is 51.3. The predicted octanol–water partition coefficient (Wildman–Crippen LogP) is 9.58. The van der Waals surface area contributed by atoms with Crippen LogP contribution in [0.15, 0.2) is 114 Å². The van der Waals surface area contributed by atoms with Crippen molar-refractivity contribution in [1.82, 2.24) is 5.32 Å². The molecule has 0 saturated carbocycles. The van der Waals surface area contributed by atoms with Gasteiger partial charge in [0.25, 0.3) is 5.60 Å². The lowest BCUT2D eigenvalue weighted by atomic mass is 9.98. The van der Waals surface area contributed by atoms with Gasteiger partial charge in [-0.25, -0.2) is 14.2 Å². The van der Waals surface area contributed by atoms with Gasteiger partial charge in [0.1, 0.15) is 37.3 Å². The van der Waals surface area contributed by atoms with Crippen LogP contribution in [0.5, 0.6) is 11.5 Å². The maximum atomic E-state index is 14.8. The standard InChI is InChI=1S/C55H74N3O11PS2/c1-4-58(5-2,42-46-40-45(27-28-50(46)69-70(62,63)64)49(59)41-56-31-15-6-7-16-35-65-36-17-14-22-44-20-10-8-11-21-44)43-53(60)68-55(51-25-18-38-71-51,52-26-19-39-72-52)54(61)67-48-29-32-57(3,33-30-48)34-37-66-47-23-12-9-13-24-47/h8-13,18-21,23-28,38-40,48-49,56,59H,4-7,14-17,22,29-37,41-43H2,1-3H3/p+2. The van der Waals surface area contributed by atoms with Crippen LogP contribution in [-0.4, -0.2) is 121 Å². The second-order valence-corrected chi connectivity index (χ2v) is 22.2. The van der Waals surface area contributed by atoms with Gasteiger partial charge in [0, 0.05) is 38.2 Å². The highest BCUT2D eigenvalue weighted by atomic mass is 32.1. The van der Waals surface area contributed by atoms with Crippen LogP contribution in [0.25, 0.3) is 0 Å². The molecule has 72 heavy (non-hydrogen) atoms. The molecule has 6 rings (SSSR count). The van der Waals surface area contributed by atoms with Crippen molar-refractivity contribution in [2.45, 2.75) is 96.0 Å². The molecule has 3 heterocycles. The number of carbonyl (C=O) groups excluding carboxylic acids is 2. The summed E-state index contributed by atoms with van der Waals surface area (Å²) in [5.74, 6) is -0.526. The summed E-state index contributed by atoms with van der Waals surface area (Å²) in [6.07, 6.45) is 7.23. The lowest BCUT2D eigenvalue weighted by Gasteiger charge is -2.41. The van der Waals surface area contributed by atoms with E-state index in [1.165, 1.54) is 34.3 Å². The van der Waals surface area contributed by atoms with Crippen molar-refractivity contribution in [3.63, 3.8) is 0 Å². The van der Waals surface area contributed by atoms with E-state index in [9.17, 15) is 29.0 Å². The number of likely N-dealkylation sites (N-methyl/N-ethyl adjacent to an activating group) is 2. The molecule has 3 aromatic carbocycles. The number of nitrogens with one attached hydrogen (secondary N) is 1. The van der Waals surface area contributed by atoms with E-state index < -0.39 is 31.5 Å². The number of phosphoric ester groups is 1. The molecule has 1 aliphatic rings. The highest BCUT2D eigenvalue weighted by molar-refractivity contribution is 7.46. The zero-order valence-corrected chi connectivity index (χ0v) is 44.8. The van der Waals surface area contributed by atoms with Crippen LogP contribution in [0, 0.1) is 0 Å². The Morgan fingerprint density at radius 2 is 1.46 bits per heavy atom. The largest absolute Gasteiger partial charge is 0.524 e. The molecule has 4 N–H and O–H groups in total. The fraction of sp³-hybridized carbons (Fsp3) is 0.491. The number of benzene rings is 3. The molecule has 1 atom stereocenters.